The molecule has 3 aromatic rings. The summed E-state index contributed by atoms with van der Waals surface area (Å²) in [7, 11) is 0. The highest BCUT2D eigenvalue weighted by atomic mass is 35.5. The number of fused-ring (bicyclic) bond motifs is 1. The molecule has 3 aromatic carbocycles. The van der Waals surface area contributed by atoms with Crippen LogP contribution >= 0.6 is 11.6 Å². The summed E-state index contributed by atoms with van der Waals surface area (Å²) >= 11 is 6.08. The Bertz CT molecular complexity index is 1020. The van der Waals surface area contributed by atoms with Gasteiger partial charge in [-0.3, -0.25) is 0 Å². The minimum Gasteiger partial charge on any atom is -0.393 e. The Hall–Kier alpha value is -2.82. The van der Waals surface area contributed by atoms with Crippen LogP contribution in [0.1, 0.15) is 17.5 Å². The number of benzene rings is 3. The lowest BCUT2D eigenvalue weighted by molar-refractivity contribution is 0.159. The van der Waals surface area contributed by atoms with E-state index in [0.717, 1.165) is 35.2 Å². The first kappa shape index (κ1) is 18.5. The molecule has 28 heavy (non-hydrogen) atoms. The molecule has 0 heterocycles. The third-order valence-corrected chi connectivity index (χ3v) is 5.22. The Balaban J connectivity index is 1.50. The molecule has 2 amide bonds. The first-order valence-electron chi connectivity index (χ1n) is 9.31. The highest BCUT2D eigenvalue weighted by Gasteiger charge is 2.20. The highest BCUT2D eigenvalue weighted by Crippen LogP contribution is 2.29. The van der Waals surface area contributed by atoms with Crippen molar-refractivity contribution in [2.24, 2.45) is 0 Å². The molecule has 1 unspecified atom stereocenters. The fraction of sp³-hybridized carbons (Fsp3) is 0.174. The number of hydrogen-bond donors (Lipinski definition) is 3. The molecule has 0 saturated heterocycles. The average molecular weight is 393 g/mol. The summed E-state index contributed by atoms with van der Waals surface area (Å²) in [6.07, 6.45) is 1.80. The van der Waals surface area contributed by atoms with E-state index in [9.17, 15) is 9.90 Å². The van der Waals surface area contributed by atoms with Crippen molar-refractivity contribution in [2.75, 3.05) is 10.6 Å². The van der Waals surface area contributed by atoms with Gasteiger partial charge in [0.2, 0.25) is 0 Å². The fourth-order valence-electron chi connectivity index (χ4n) is 3.62. The van der Waals surface area contributed by atoms with Crippen LogP contribution in [0.25, 0.3) is 11.1 Å². The standard InChI is InChI=1S/C23H21ClN2O2/c24-18-7-1-5-16(12-18)17-6-2-8-19(13-17)25-23(28)26-22-9-3-4-15-10-11-20(27)14-21(15)22/h1-9,12-13,20,27H,10-11,14H2,(H2,25,26,28). The Morgan fingerprint density at radius 3 is 2.54 bits per heavy atom. The molecule has 4 rings (SSSR count). The number of anilines is 2. The van der Waals surface area contributed by atoms with Crippen LogP contribution in [0.5, 0.6) is 0 Å². The smallest absolute Gasteiger partial charge is 0.323 e. The number of carbonyl (C=O) groups excluding carboxylic acids is 1. The van der Waals surface area contributed by atoms with Gasteiger partial charge in [-0.15, -0.1) is 0 Å². The van der Waals surface area contributed by atoms with E-state index in [0.29, 0.717) is 17.1 Å². The summed E-state index contributed by atoms with van der Waals surface area (Å²) in [5, 5.41) is 16.5. The van der Waals surface area contributed by atoms with Crippen LogP contribution in [0.4, 0.5) is 16.2 Å². The van der Waals surface area contributed by atoms with Crippen molar-refractivity contribution in [3.8, 4) is 11.1 Å². The lowest BCUT2D eigenvalue weighted by Crippen LogP contribution is -2.24. The Labute approximate surface area is 169 Å². The fourth-order valence-corrected chi connectivity index (χ4v) is 3.81. The van der Waals surface area contributed by atoms with Crippen LogP contribution < -0.4 is 10.6 Å². The molecule has 0 saturated carbocycles. The van der Waals surface area contributed by atoms with Gasteiger partial charge >= 0.3 is 6.03 Å². The van der Waals surface area contributed by atoms with Gasteiger partial charge in [-0.05, 0) is 65.4 Å². The average Bonchev–Trinajstić information content (AvgIpc) is 2.68. The lowest BCUT2D eigenvalue weighted by Gasteiger charge is -2.23. The van der Waals surface area contributed by atoms with Gasteiger partial charge in [0.15, 0.2) is 0 Å². The third-order valence-electron chi connectivity index (χ3n) is 4.99. The van der Waals surface area contributed by atoms with Crippen molar-refractivity contribution in [1.29, 1.82) is 0 Å². The molecule has 0 radical (unpaired) electrons. The second kappa shape index (κ2) is 8.05. The van der Waals surface area contributed by atoms with Crippen LogP contribution in [-0.4, -0.2) is 17.2 Å². The molecule has 0 aliphatic heterocycles. The van der Waals surface area contributed by atoms with Gasteiger partial charge in [0, 0.05) is 22.8 Å². The molecule has 0 spiro atoms. The SMILES string of the molecule is O=C(Nc1cccc(-c2cccc(Cl)c2)c1)Nc1cccc2c1CC(O)CC2. The largest absolute Gasteiger partial charge is 0.393 e. The van der Waals surface area contributed by atoms with Crippen LogP contribution in [0.15, 0.2) is 66.7 Å². The molecule has 0 fully saturated rings. The number of hydrogen-bond acceptors (Lipinski definition) is 2. The summed E-state index contributed by atoms with van der Waals surface area (Å²) in [5.41, 5.74) is 5.61. The monoisotopic (exact) mass is 392 g/mol. The highest BCUT2D eigenvalue weighted by molar-refractivity contribution is 6.30. The summed E-state index contributed by atoms with van der Waals surface area (Å²) in [5.74, 6) is 0. The van der Waals surface area contributed by atoms with Gasteiger partial charge in [0.05, 0.1) is 6.10 Å². The second-order valence-electron chi connectivity index (χ2n) is 7.01. The van der Waals surface area contributed by atoms with Crippen molar-refractivity contribution >= 4 is 29.0 Å². The number of aryl methyl sites for hydroxylation is 1. The summed E-state index contributed by atoms with van der Waals surface area (Å²) in [4.78, 5) is 12.5. The maximum atomic E-state index is 12.5. The molecule has 3 N–H and O–H groups in total. The Kier molecular flexibility index (Phi) is 5.33. The number of amides is 2. The minimum absolute atomic E-state index is 0.309. The van der Waals surface area contributed by atoms with E-state index < -0.39 is 0 Å². The predicted octanol–water partition coefficient (Wildman–Crippen LogP) is 5.50. The molecule has 4 nitrogen and oxygen atoms in total. The Morgan fingerprint density at radius 1 is 0.964 bits per heavy atom. The van der Waals surface area contributed by atoms with E-state index >= 15 is 0 Å². The molecule has 0 bridgehead atoms. The van der Waals surface area contributed by atoms with E-state index in [1.165, 1.54) is 5.56 Å². The zero-order chi connectivity index (χ0) is 19.5. The van der Waals surface area contributed by atoms with Crippen molar-refractivity contribution in [2.45, 2.75) is 25.4 Å². The number of carbonyl (C=O) groups is 1. The summed E-state index contributed by atoms with van der Waals surface area (Å²) in [6.45, 7) is 0. The van der Waals surface area contributed by atoms with Gasteiger partial charge in [0.1, 0.15) is 0 Å². The number of aliphatic hydroxyl groups is 1. The number of halogens is 1. The van der Waals surface area contributed by atoms with E-state index in [1.807, 2.05) is 60.7 Å². The van der Waals surface area contributed by atoms with Crippen molar-refractivity contribution < 1.29 is 9.90 Å². The second-order valence-corrected chi connectivity index (χ2v) is 7.45. The topological polar surface area (TPSA) is 61.4 Å². The van der Waals surface area contributed by atoms with Crippen molar-refractivity contribution in [1.82, 2.24) is 0 Å². The molecular formula is C23H21ClN2O2. The summed E-state index contributed by atoms with van der Waals surface area (Å²) in [6, 6.07) is 20.8. The van der Waals surface area contributed by atoms with Crippen LogP contribution in [0.2, 0.25) is 5.02 Å². The Morgan fingerprint density at radius 2 is 1.71 bits per heavy atom. The maximum Gasteiger partial charge on any atom is 0.323 e. The number of rotatable bonds is 3. The van der Waals surface area contributed by atoms with Crippen LogP contribution in [-0.2, 0) is 12.8 Å². The zero-order valence-electron chi connectivity index (χ0n) is 15.3. The van der Waals surface area contributed by atoms with Gasteiger partial charge < -0.3 is 15.7 Å². The predicted molar refractivity (Wildman–Crippen MR) is 114 cm³/mol. The van der Waals surface area contributed by atoms with Crippen molar-refractivity contribution in [3.05, 3.63) is 82.9 Å². The molecular weight excluding hydrogens is 372 g/mol. The quantitative estimate of drug-likeness (QED) is 0.551. The molecule has 1 atom stereocenters. The molecule has 0 aromatic heterocycles. The van der Waals surface area contributed by atoms with E-state index in [4.69, 9.17) is 11.6 Å². The van der Waals surface area contributed by atoms with Crippen molar-refractivity contribution in [3.63, 3.8) is 0 Å². The van der Waals surface area contributed by atoms with Gasteiger partial charge in [-0.25, -0.2) is 4.79 Å². The summed E-state index contributed by atoms with van der Waals surface area (Å²) < 4.78 is 0. The van der Waals surface area contributed by atoms with Crippen LogP contribution in [0, 0.1) is 0 Å². The minimum atomic E-state index is -0.354. The first-order valence-corrected chi connectivity index (χ1v) is 9.69. The van der Waals surface area contributed by atoms with Gasteiger partial charge in [0.25, 0.3) is 0 Å². The molecule has 5 heteroatoms. The number of urea groups is 1. The first-order chi connectivity index (χ1) is 13.6. The normalized spacial score (nSPS) is 15.6. The van der Waals surface area contributed by atoms with Gasteiger partial charge in [-0.2, -0.15) is 0 Å². The van der Waals surface area contributed by atoms with Gasteiger partial charge in [-0.1, -0.05) is 48.0 Å². The van der Waals surface area contributed by atoms with E-state index in [-0.39, 0.29) is 12.1 Å². The van der Waals surface area contributed by atoms with E-state index in [2.05, 4.69) is 16.7 Å². The molecule has 1 aliphatic carbocycles. The molecule has 1 aliphatic rings. The van der Waals surface area contributed by atoms with Crippen LogP contribution in [0.3, 0.4) is 0 Å². The lowest BCUT2D eigenvalue weighted by atomic mass is 9.88. The number of nitrogens with one attached hydrogen (secondary N) is 2. The zero-order valence-corrected chi connectivity index (χ0v) is 16.0. The molecule has 142 valence electrons. The third kappa shape index (κ3) is 4.19. The maximum absolute atomic E-state index is 12.5. The van der Waals surface area contributed by atoms with E-state index in [1.54, 1.807) is 0 Å². The number of aliphatic hydroxyl groups excluding tert-OH is 1.